The van der Waals surface area contributed by atoms with Gasteiger partial charge in [-0.2, -0.15) is 0 Å². The Balaban J connectivity index is 1.97. The molecule has 0 aliphatic carbocycles. The average Bonchev–Trinajstić information content (AvgIpc) is 3.00. The minimum atomic E-state index is -1.17. The van der Waals surface area contributed by atoms with Crippen molar-refractivity contribution in [3.8, 4) is 0 Å². The van der Waals surface area contributed by atoms with Gasteiger partial charge < -0.3 is 5.32 Å². The Morgan fingerprint density at radius 2 is 2.00 bits per heavy atom. The van der Waals surface area contributed by atoms with Crippen LogP contribution in [0.15, 0.2) is 36.4 Å². The Bertz CT molecular complexity index is 899. The van der Waals surface area contributed by atoms with Crippen LogP contribution in [0, 0.1) is 19.7 Å². The van der Waals surface area contributed by atoms with Gasteiger partial charge >= 0.3 is 0 Å². The van der Waals surface area contributed by atoms with E-state index in [-0.39, 0.29) is 17.6 Å². The normalized spacial score (nSPS) is 22.2. The number of halogens is 1. The maximum atomic E-state index is 13.7. The highest BCUT2D eigenvalue weighted by molar-refractivity contribution is 8.02. The van der Waals surface area contributed by atoms with Crippen molar-refractivity contribution in [3.05, 3.63) is 58.9 Å². The summed E-state index contributed by atoms with van der Waals surface area (Å²) in [6.07, 6.45) is 0. The highest BCUT2D eigenvalue weighted by Gasteiger charge is 2.58. The molecule has 2 heterocycles. The number of benzene rings is 2. The molecule has 1 N–H and O–H groups in total. The Labute approximate surface area is 143 Å². The number of carbonyl (C=O) groups excluding carboxylic acids is 2. The molecule has 2 amide bonds. The smallest absolute Gasteiger partial charge is 0.266 e. The van der Waals surface area contributed by atoms with Crippen molar-refractivity contribution in [2.75, 3.05) is 16.0 Å². The average molecular weight is 342 g/mol. The van der Waals surface area contributed by atoms with Crippen LogP contribution in [0.3, 0.4) is 0 Å². The van der Waals surface area contributed by atoms with E-state index in [2.05, 4.69) is 5.32 Å². The summed E-state index contributed by atoms with van der Waals surface area (Å²) in [5.74, 6) is -0.721. The van der Waals surface area contributed by atoms with Crippen LogP contribution in [0.25, 0.3) is 0 Å². The van der Waals surface area contributed by atoms with Crippen LogP contribution < -0.4 is 10.2 Å². The summed E-state index contributed by atoms with van der Waals surface area (Å²) in [6, 6.07) is 9.73. The number of hydrogen-bond donors (Lipinski definition) is 1. The van der Waals surface area contributed by atoms with E-state index in [0.29, 0.717) is 5.69 Å². The molecule has 1 unspecified atom stereocenters. The topological polar surface area (TPSA) is 49.4 Å². The third kappa shape index (κ3) is 1.92. The molecule has 2 aromatic carbocycles. The molecule has 1 saturated heterocycles. The molecule has 1 fully saturated rings. The van der Waals surface area contributed by atoms with Crippen LogP contribution in [-0.2, 0) is 14.5 Å². The van der Waals surface area contributed by atoms with Gasteiger partial charge in [-0.1, -0.05) is 23.8 Å². The highest BCUT2D eigenvalue weighted by atomic mass is 32.2. The Hall–Kier alpha value is -2.34. The van der Waals surface area contributed by atoms with E-state index >= 15 is 0 Å². The van der Waals surface area contributed by atoms with Crippen molar-refractivity contribution in [1.29, 1.82) is 0 Å². The second kappa shape index (κ2) is 5.08. The highest BCUT2D eigenvalue weighted by Crippen LogP contribution is 2.54. The van der Waals surface area contributed by atoms with Crippen LogP contribution >= 0.6 is 11.8 Å². The molecule has 4 nitrogen and oxygen atoms in total. The number of fused-ring (bicyclic) bond motifs is 2. The summed E-state index contributed by atoms with van der Waals surface area (Å²) >= 11 is 1.28. The van der Waals surface area contributed by atoms with E-state index in [1.54, 1.807) is 12.1 Å². The fourth-order valence-electron chi connectivity index (χ4n) is 3.50. The Morgan fingerprint density at radius 1 is 1.21 bits per heavy atom. The molecular formula is C18H15FN2O2S. The zero-order valence-electron chi connectivity index (χ0n) is 13.2. The zero-order valence-corrected chi connectivity index (χ0v) is 14.0. The van der Waals surface area contributed by atoms with Crippen molar-refractivity contribution >= 4 is 35.0 Å². The maximum absolute atomic E-state index is 13.7. The number of nitrogens with one attached hydrogen (secondary N) is 1. The minimum absolute atomic E-state index is 0.177. The van der Waals surface area contributed by atoms with Crippen molar-refractivity contribution < 1.29 is 14.0 Å². The zero-order chi connectivity index (χ0) is 17.1. The van der Waals surface area contributed by atoms with Gasteiger partial charge in [0.25, 0.3) is 5.91 Å². The molecule has 2 aliphatic heterocycles. The largest absolute Gasteiger partial charge is 0.322 e. The molecule has 2 aliphatic rings. The standard InChI is InChI=1S/C18H15FN2O2S/c1-10-6-11(2)16-14(7-10)18(17(23)20-16)21(15(22)9-24-18)13-5-3-4-12(19)8-13/h3-8H,9H2,1-2H3,(H,20,23). The molecule has 0 aromatic heterocycles. The van der Waals surface area contributed by atoms with E-state index in [9.17, 15) is 14.0 Å². The van der Waals surface area contributed by atoms with Crippen molar-refractivity contribution in [2.24, 2.45) is 0 Å². The number of aryl methyl sites for hydroxylation is 2. The number of nitrogens with zero attached hydrogens (tertiary/aromatic N) is 1. The molecule has 0 saturated carbocycles. The predicted octanol–water partition coefficient (Wildman–Crippen LogP) is 3.33. The van der Waals surface area contributed by atoms with Crippen molar-refractivity contribution in [3.63, 3.8) is 0 Å². The lowest BCUT2D eigenvalue weighted by atomic mass is 9.99. The first kappa shape index (κ1) is 15.2. The van der Waals surface area contributed by atoms with E-state index in [0.717, 1.165) is 22.4 Å². The first-order valence-electron chi connectivity index (χ1n) is 7.59. The number of amides is 2. The lowest BCUT2D eigenvalue weighted by Crippen LogP contribution is -2.47. The lowest BCUT2D eigenvalue weighted by molar-refractivity contribution is -0.122. The monoisotopic (exact) mass is 342 g/mol. The molecular weight excluding hydrogens is 327 g/mol. The third-order valence-corrected chi connectivity index (χ3v) is 5.82. The molecule has 1 spiro atoms. The quantitative estimate of drug-likeness (QED) is 0.865. The van der Waals surface area contributed by atoms with E-state index < -0.39 is 10.7 Å². The predicted molar refractivity (Wildman–Crippen MR) is 92.6 cm³/mol. The van der Waals surface area contributed by atoms with Gasteiger partial charge in [0, 0.05) is 11.3 Å². The SMILES string of the molecule is Cc1cc(C)c2c(c1)C1(SCC(=O)N1c1cccc(F)c1)C(=O)N2. The number of hydrogen-bond acceptors (Lipinski definition) is 3. The number of rotatable bonds is 1. The van der Waals surface area contributed by atoms with E-state index in [1.807, 2.05) is 26.0 Å². The third-order valence-electron chi connectivity index (χ3n) is 4.43. The maximum Gasteiger partial charge on any atom is 0.266 e. The molecule has 1 atom stereocenters. The summed E-state index contributed by atoms with van der Waals surface area (Å²) in [5, 5.41) is 2.91. The Kier molecular flexibility index (Phi) is 3.22. The van der Waals surface area contributed by atoms with Gasteiger partial charge in [-0.3, -0.25) is 14.5 Å². The van der Waals surface area contributed by atoms with E-state index in [4.69, 9.17) is 0 Å². The number of anilines is 2. The van der Waals surface area contributed by atoms with Crippen LogP contribution in [0.1, 0.15) is 16.7 Å². The van der Waals surface area contributed by atoms with Crippen LogP contribution in [0.5, 0.6) is 0 Å². The fourth-order valence-corrected chi connectivity index (χ4v) is 4.79. The van der Waals surface area contributed by atoms with Gasteiger partial charge in [0.1, 0.15) is 5.82 Å². The van der Waals surface area contributed by atoms with Gasteiger partial charge in [-0.25, -0.2) is 4.39 Å². The van der Waals surface area contributed by atoms with Crippen molar-refractivity contribution in [2.45, 2.75) is 18.7 Å². The van der Waals surface area contributed by atoms with Crippen LogP contribution in [-0.4, -0.2) is 17.6 Å². The minimum Gasteiger partial charge on any atom is -0.322 e. The Morgan fingerprint density at radius 3 is 2.75 bits per heavy atom. The lowest BCUT2D eigenvalue weighted by Gasteiger charge is -2.32. The van der Waals surface area contributed by atoms with Crippen LogP contribution in [0.2, 0.25) is 0 Å². The van der Waals surface area contributed by atoms with Gasteiger partial charge in [0.05, 0.1) is 11.4 Å². The van der Waals surface area contributed by atoms with Gasteiger partial charge in [-0.15, -0.1) is 11.8 Å². The molecule has 6 heteroatoms. The van der Waals surface area contributed by atoms with Gasteiger partial charge in [0.15, 0.2) is 0 Å². The van der Waals surface area contributed by atoms with Gasteiger partial charge in [-0.05, 0) is 37.6 Å². The number of carbonyl (C=O) groups is 2. The van der Waals surface area contributed by atoms with Crippen LogP contribution in [0.4, 0.5) is 15.8 Å². The summed E-state index contributed by atoms with van der Waals surface area (Å²) in [5.41, 5.74) is 3.88. The summed E-state index contributed by atoms with van der Waals surface area (Å²) in [7, 11) is 0. The molecule has 0 bridgehead atoms. The van der Waals surface area contributed by atoms with Gasteiger partial charge in [0.2, 0.25) is 10.8 Å². The second-order valence-corrected chi connectivity index (χ2v) is 7.27. The first-order chi connectivity index (χ1) is 11.4. The molecule has 4 rings (SSSR count). The molecule has 0 radical (unpaired) electrons. The summed E-state index contributed by atoms with van der Waals surface area (Å²) in [6.45, 7) is 3.89. The summed E-state index contributed by atoms with van der Waals surface area (Å²) < 4.78 is 13.7. The molecule has 24 heavy (non-hydrogen) atoms. The van der Waals surface area contributed by atoms with E-state index in [1.165, 1.54) is 28.8 Å². The fraction of sp³-hybridized carbons (Fsp3) is 0.222. The number of thioether (sulfide) groups is 1. The summed E-state index contributed by atoms with van der Waals surface area (Å²) in [4.78, 5) is 25.8. The van der Waals surface area contributed by atoms with Crippen molar-refractivity contribution in [1.82, 2.24) is 0 Å². The first-order valence-corrected chi connectivity index (χ1v) is 8.58. The molecule has 122 valence electrons. The second-order valence-electron chi connectivity index (χ2n) is 6.10. The molecule has 2 aromatic rings.